The molecule has 0 unspecified atom stereocenters. The predicted molar refractivity (Wildman–Crippen MR) is 76.7 cm³/mol. The highest BCUT2D eigenvalue weighted by atomic mass is 16.3. The Morgan fingerprint density at radius 2 is 1.47 bits per heavy atom. The van der Waals surface area contributed by atoms with E-state index >= 15 is 0 Å². The molecule has 0 spiro atoms. The third kappa shape index (κ3) is 2.70. The van der Waals surface area contributed by atoms with Crippen LogP contribution in [-0.2, 0) is 0 Å². The number of rotatable bonds is 1. The van der Waals surface area contributed by atoms with Gasteiger partial charge >= 0.3 is 0 Å². The van der Waals surface area contributed by atoms with Crippen molar-refractivity contribution in [1.82, 2.24) is 0 Å². The zero-order chi connectivity index (χ0) is 13.1. The van der Waals surface area contributed by atoms with E-state index in [1.165, 1.54) is 5.56 Å². The summed E-state index contributed by atoms with van der Waals surface area (Å²) < 4.78 is 0. The smallest absolute Gasteiger partial charge is 0.127 e. The molecule has 0 saturated heterocycles. The van der Waals surface area contributed by atoms with E-state index in [1.54, 1.807) is 0 Å². The number of hydrogen-bond donors (Lipinski definition) is 1. The molecule has 94 valence electrons. The van der Waals surface area contributed by atoms with Gasteiger partial charge in [-0.1, -0.05) is 60.4 Å². The van der Waals surface area contributed by atoms with Gasteiger partial charge in [0, 0.05) is 5.56 Å². The molecule has 1 aliphatic rings. The Morgan fingerprint density at radius 3 is 2.11 bits per heavy atom. The summed E-state index contributed by atoms with van der Waals surface area (Å²) in [6, 6.07) is 20.2. The predicted octanol–water partition coefficient (Wildman–Crippen LogP) is 3.35. The Kier molecular flexibility index (Phi) is 3.11. The zero-order valence-corrected chi connectivity index (χ0v) is 10.7. The first-order valence-corrected chi connectivity index (χ1v) is 6.61. The molecule has 1 heteroatoms. The van der Waals surface area contributed by atoms with E-state index < -0.39 is 5.60 Å². The van der Waals surface area contributed by atoms with Gasteiger partial charge in [-0.15, -0.1) is 0 Å². The van der Waals surface area contributed by atoms with E-state index in [9.17, 15) is 5.11 Å². The average Bonchev–Trinajstić information content (AvgIpc) is 2.44. The molecule has 1 saturated carbocycles. The molecule has 0 aromatic heterocycles. The number of aliphatic hydroxyl groups is 1. The highest BCUT2D eigenvalue weighted by molar-refractivity contribution is 5.38. The summed E-state index contributed by atoms with van der Waals surface area (Å²) in [6.45, 7) is 0. The fraction of sp³-hybridized carbons (Fsp3) is 0.222. The monoisotopic (exact) mass is 248 g/mol. The molecular formula is C18H16O. The van der Waals surface area contributed by atoms with Crippen molar-refractivity contribution in [2.24, 2.45) is 0 Å². The van der Waals surface area contributed by atoms with Crippen LogP contribution in [0.3, 0.4) is 0 Å². The number of hydrogen-bond acceptors (Lipinski definition) is 1. The summed E-state index contributed by atoms with van der Waals surface area (Å²) in [6.07, 6.45) is 1.47. The molecule has 0 heterocycles. The van der Waals surface area contributed by atoms with Crippen LogP contribution in [0.15, 0.2) is 60.7 Å². The topological polar surface area (TPSA) is 20.2 Å². The summed E-state index contributed by atoms with van der Waals surface area (Å²) in [5, 5.41) is 10.3. The van der Waals surface area contributed by atoms with Gasteiger partial charge in [-0.3, -0.25) is 0 Å². The van der Waals surface area contributed by atoms with Gasteiger partial charge in [0.15, 0.2) is 0 Å². The summed E-state index contributed by atoms with van der Waals surface area (Å²) in [5.41, 5.74) is 1.45. The van der Waals surface area contributed by atoms with E-state index in [4.69, 9.17) is 0 Å². The summed E-state index contributed by atoms with van der Waals surface area (Å²) in [4.78, 5) is 0. The van der Waals surface area contributed by atoms with E-state index in [1.807, 2.05) is 48.5 Å². The second-order valence-electron chi connectivity index (χ2n) is 5.16. The third-order valence-corrected chi connectivity index (χ3v) is 3.65. The van der Waals surface area contributed by atoms with Crippen molar-refractivity contribution in [3.05, 3.63) is 71.8 Å². The van der Waals surface area contributed by atoms with Gasteiger partial charge in [0.1, 0.15) is 5.60 Å². The van der Waals surface area contributed by atoms with Crippen molar-refractivity contribution < 1.29 is 5.11 Å². The zero-order valence-electron chi connectivity index (χ0n) is 10.7. The van der Waals surface area contributed by atoms with Crippen molar-refractivity contribution >= 4 is 0 Å². The first-order chi connectivity index (χ1) is 9.25. The van der Waals surface area contributed by atoms with Crippen molar-refractivity contribution in [3.8, 4) is 11.8 Å². The SMILES string of the molecule is OC1(C#Cc2ccccc2)CC(c2ccccc2)C1. The Hall–Kier alpha value is -2.04. The van der Waals surface area contributed by atoms with Gasteiger partial charge in [-0.2, -0.15) is 0 Å². The van der Waals surface area contributed by atoms with E-state index in [0.29, 0.717) is 5.92 Å². The highest BCUT2D eigenvalue weighted by Gasteiger charge is 2.41. The van der Waals surface area contributed by atoms with Gasteiger partial charge in [0.2, 0.25) is 0 Å². The first kappa shape index (κ1) is 12.0. The Labute approximate surface area is 113 Å². The van der Waals surface area contributed by atoms with E-state index in [0.717, 1.165) is 18.4 Å². The normalized spacial score (nSPS) is 25.0. The minimum atomic E-state index is -0.809. The molecule has 1 N–H and O–H groups in total. The molecule has 1 fully saturated rings. The quantitative estimate of drug-likeness (QED) is 0.767. The molecule has 0 atom stereocenters. The molecule has 0 radical (unpaired) electrons. The lowest BCUT2D eigenvalue weighted by Gasteiger charge is -2.40. The lowest BCUT2D eigenvalue weighted by molar-refractivity contribution is 0.00593. The first-order valence-electron chi connectivity index (χ1n) is 6.61. The van der Waals surface area contributed by atoms with E-state index in [2.05, 4.69) is 24.0 Å². The van der Waals surface area contributed by atoms with Crippen LogP contribution in [0.25, 0.3) is 0 Å². The fourth-order valence-electron chi connectivity index (χ4n) is 2.53. The maximum atomic E-state index is 10.3. The molecule has 0 bridgehead atoms. The average molecular weight is 248 g/mol. The molecule has 19 heavy (non-hydrogen) atoms. The Bertz CT molecular complexity index is 598. The lowest BCUT2D eigenvalue weighted by atomic mass is 9.68. The lowest BCUT2D eigenvalue weighted by Crippen LogP contribution is -2.41. The molecule has 3 rings (SSSR count). The van der Waals surface area contributed by atoms with Gasteiger partial charge in [-0.25, -0.2) is 0 Å². The Morgan fingerprint density at radius 1 is 0.895 bits per heavy atom. The summed E-state index contributed by atoms with van der Waals surface area (Å²) in [5.74, 6) is 6.52. The second-order valence-corrected chi connectivity index (χ2v) is 5.16. The highest BCUT2D eigenvalue weighted by Crippen LogP contribution is 2.44. The van der Waals surface area contributed by atoms with Crippen LogP contribution in [0.1, 0.15) is 29.9 Å². The molecule has 1 aliphatic carbocycles. The largest absolute Gasteiger partial charge is 0.378 e. The molecule has 2 aromatic carbocycles. The van der Waals surface area contributed by atoms with Gasteiger partial charge in [-0.05, 0) is 36.5 Å². The molecule has 1 nitrogen and oxygen atoms in total. The van der Waals surface area contributed by atoms with Crippen LogP contribution in [-0.4, -0.2) is 10.7 Å². The van der Waals surface area contributed by atoms with E-state index in [-0.39, 0.29) is 0 Å². The van der Waals surface area contributed by atoms with Crippen LogP contribution < -0.4 is 0 Å². The minimum Gasteiger partial charge on any atom is -0.378 e. The second kappa shape index (κ2) is 4.91. The van der Waals surface area contributed by atoms with Crippen LogP contribution in [0.5, 0.6) is 0 Å². The van der Waals surface area contributed by atoms with Crippen LogP contribution >= 0.6 is 0 Å². The summed E-state index contributed by atoms with van der Waals surface area (Å²) >= 11 is 0. The summed E-state index contributed by atoms with van der Waals surface area (Å²) in [7, 11) is 0. The van der Waals surface area contributed by atoms with Crippen molar-refractivity contribution in [1.29, 1.82) is 0 Å². The molecular weight excluding hydrogens is 232 g/mol. The number of benzene rings is 2. The third-order valence-electron chi connectivity index (χ3n) is 3.65. The Balaban J connectivity index is 1.68. The molecule has 2 aromatic rings. The van der Waals surface area contributed by atoms with Gasteiger partial charge in [0.05, 0.1) is 0 Å². The van der Waals surface area contributed by atoms with Crippen LogP contribution in [0.2, 0.25) is 0 Å². The minimum absolute atomic E-state index is 0.441. The van der Waals surface area contributed by atoms with Gasteiger partial charge in [0.25, 0.3) is 0 Å². The fourth-order valence-corrected chi connectivity index (χ4v) is 2.53. The maximum Gasteiger partial charge on any atom is 0.127 e. The maximum absolute atomic E-state index is 10.3. The van der Waals surface area contributed by atoms with Crippen molar-refractivity contribution in [2.45, 2.75) is 24.4 Å². The van der Waals surface area contributed by atoms with Gasteiger partial charge < -0.3 is 5.11 Å². The van der Waals surface area contributed by atoms with Crippen LogP contribution in [0.4, 0.5) is 0 Å². The standard InChI is InChI=1S/C18H16O/c19-18(12-11-15-7-3-1-4-8-15)13-17(14-18)16-9-5-2-6-10-16/h1-10,17,19H,13-14H2. The molecule has 0 amide bonds. The van der Waals surface area contributed by atoms with Crippen LogP contribution in [0, 0.1) is 11.8 Å². The molecule has 0 aliphatic heterocycles. The van der Waals surface area contributed by atoms with Crippen molar-refractivity contribution in [3.63, 3.8) is 0 Å². The van der Waals surface area contributed by atoms with Crippen molar-refractivity contribution in [2.75, 3.05) is 0 Å².